The molecular formula is C21H16O6. The van der Waals surface area contributed by atoms with Crippen molar-refractivity contribution < 1.29 is 23.8 Å². The predicted molar refractivity (Wildman–Crippen MR) is 101 cm³/mol. The average molecular weight is 364 g/mol. The SMILES string of the molecule is C=CC(=O)Oc1ccc2oc(-c3ccc(OC(O)C=C)cc3)cc(=O)c2c1. The highest BCUT2D eigenvalue weighted by Crippen LogP contribution is 2.26. The van der Waals surface area contributed by atoms with Crippen LogP contribution >= 0.6 is 0 Å². The van der Waals surface area contributed by atoms with Crippen molar-refractivity contribution in [3.05, 3.63) is 84.1 Å². The van der Waals surface area contributed by atoms with Gasteiger partial charge in [-0.2, -0.15) is 0 Å². The second-order valence-electron chi connectivity index (χ2n) is 5.53. The molecule has 6 nitrogen and oxygen atoms in total. The number of hydrogen-bond acceptors (Lipinski definition) is 6. The molecule has 1 unspecified atom stereocenters. The molecule has 0 radical (unpaired) electrons. The van der Waals surface area contributed by atoms with Gasteiger partial charge in [0.05, 0.1) is 5.39 Å². The van der Waals surface area contributed by atoms with Crippen molar-refractivity contribution in [2.24, 2.45) is 0 Å². The third-order valence-corrected chi connectivity index (χ3v) is 3.68. The van der Waals surface area contributed by atoms with Crippen molar-refractivity contribution in [1.82, 2.24) is 0 Å². The minimum absolute atomic E-state index is 0.231. The molecule has 1 aromatic heterocycles. The van der Waals surface area contributed by atoms with Gasteiger partial charge in [-0.05, 0) is 48.5 Å². The van der Waals surface area contributed by atoms with E-state index in [2.05, 4.69) is 13.2 Å². The molecule has 0 aliphatic rings. The Kier molecular flexibility index (Phi) is 5.19. The van der Waals surface area contributed by atoms with Gasteiger partial charge >= 0.3 is 5.97 Å². The minimum Gasteiger partial charge on any atom is -0.461 e. The molecule has 0 aliphatic carbocycles. The van der Waals surface area contributed by atoms with Crippen LogP contribution in [0.4, 0.5) is 0 Å². The van der Waals surface area contributed by atoms with Crippen LogP contribution in [-0.4, -0.2) is 17.4 Å². The maximum atomic E-state index is 12.4. The lowest BCUT2D eigenvalue weighted by atomic mass is 10.1. The van der Waals surface area contributed by atoms with Gasteiger partial charge in [-0.25, -0.2) is 4.79 Å². The van der Waals surface area contributed by atoms with Crippen LogP contribution in [0.25, 0.3) is 22.3 Å². The molecule has 0 amide bonds. The van der Waals surface area contributed by atoms with Gasteiger partial charge in [-0.15, -0.1) is 0 Å². The molecule has 1 atom stereocenters. The Balaban J connectivity index is 1.93. The highest BCUT2D eigenvalue weighted by molar-refractivity contribution is 5.85. The first-order valence-corrected chi connectivity index (χ1v) is 8.00. The Hall–Kier alpha value is -3.64. The van der Waals surface area contributed by atoms with E-state index < -0.39 is 12.3 Å². The fraction of sp³-hybridized carbons (Fsp3) is 0.0476. The Morgan fingerprint density at radius 2 is 1.78 bits per heavy atom. The number of rotatable bonds is 6. The molecular weight excluding hydrogens is 348 g/mol. The predicted octanol–water partition coefficient (Wildman–Crippen LogP) is 3.43. The summed E-state index contributed by atoms with van der Waals surface area (Å²) in [4.78, 5) is 23.7. The molecule has 0 bridgehead atoms. The summed E-state index contributed by atoms with van der Waals surface area (Å²) in [6.07, 6.45) is 1.20. The molecule has 0 saturated heterocycles. The van der Waals surface area contributed by atoms with Crippen molar-refractivity contribution in [2.45, 2.75) is 6.29 Å². The van der Waals surface area contributed by atoms with Crippen molar-refractivity contribution in [3.63, 3.8) is 0 Å². The molecule has 0 saturated carbocycles. The van der Waals surface area contributed by atoms with Gasteiger partial charge < -0.3 is 19.0 Å². The van der Waals surface area contributed by atoms with Crippen molar-refractivity contribution in [3.8, 4) is 22.8 Å². The number of esters is 1. The first kappa shape index (κ1) is 18.2. The Morgan fingerprint density at radius 3 is 2.44 bits per heavy atom. The molecule has 1 N–H and O–H groups in total. The molecule has 1 heterocycles. The van der Waals surface area contributed by atoms with Crippen LogP contribution in [0.3, 0.4) is 0 Å². The number of carbonyl (C=O) groups is 1. The second kappa shape index (κ2) is 7.72. The maximum Gasteiger partial charge on any atom is 0.335 e. The van der Waals surface area contributed by atoms with Crippen LogP contribution < -0.4 is 14.9 Å². The van der Waals surface area contributed by atoms with E-state index in [0.29, 0.717) is 28.0 Å². The van der Waals surface area contributed by atoms with Crippen LogP contribution in [0.15, 0.2) is 83.1 Å². The molecule has 0 spiro atoms. The quantitative estimate of drug-likeness (QED) is 0.237. The zero-order valence-corrected chi connectivity index (χ0v) is 14.3. The zero-order valence-electron chi connectivity index (χ0n) is 14.3. The number of aliphatic hydroxyl groups is 1. The van der Waals surface area contributed by atoms with Gasteiger partial charge in [0, 0.05) is 17.7 Å². The molecule has 0 aliphatic heterocycles. The van der Waals surface area contributed by atoms with Crippen LogP contribution in [0.1, 0.15) is 0 Å². The minimum atomic E-state index is -1.10. The number of benzene rings is 2. The standard InChI is InChI=1S/C21H16O6/c1-3-20(23)25-14-7-5-13(6-8-14)19-12-17(22)16-11-15(26-21(24)4-2)9-10-18(16)27-19/h3-12,20,23H,1-2H2. The van der Waals surface area contributed by atoms with Crippen molar-refractivity contribution >= 4 is 16.9 Å². The highest BCUT2D eigenvalue weighted by atomic mass is 16.6. The molecule has 0 fully saturated rings. The molecule has 136 valence electrons. The first-order chi connectivity index (χ1) is 13.0. The summed E-state index contributed by atoms with van der Waals surface area (Å²) in [7, 11) is 0. The fourth-order valence-corrected chi connectivity index (χ4v) is 2.38. The highest BCUT2D eigenvalue weighted by Gasteiger charge is 2.10. The molecule has 3 rings (SSSR count). The number of ether oxygens (including phenoxy) is 2. The van der Waals surface area contributed by atoms with E-state index >= 15 is 0 Å². The zero-order chi connectivity index (χ0) is 19.4. The van der Waals surface area contributed by atoms with Crippen LogP contribution in [0.5, 0.6) is 11.5 Å². The molecule has 3 aromatic rings. The summed E-state index contributed by atoms with van der Waals surface area (Å²) in [6, 6.07) is 12.6. The van der Waals surface area contributed by atoms with Gasteiger partial charge in [0.1, 0.15) is 22.8 Å². The van der Waals surface area contributed by atoms with Crippen LogP contribution in [-0.2, 0) is 4.79 Å². The van der Waals surface area contributed by atoms with Gasteiger partial charge in [0.15, 0.2) is 5.43 Å². The topological polar surface area (TPSA) is 86.0 Å². The largest absolute Gasteiger partial charge is 0.461 e. The number of aliphatic hydroxyl groups excluding tert-OH is 1. The lowest BCUT2D eigenvalue weighted by Gasteiger charge is -2.10. The Morgan fingerprint density at radius 1 is 1.07 bits per heavy atom. The number of hydrogen-bond donors (Lipinski definition) is 1. The molecule has 2 aromatic carbocycles. The van der Waals surface area contributed by atoms with E-state index in [4.69, 9.17) is 13.9 Å². The summed E-state index contributed by atoms with van der Waals surface area (Å²) in [5.74, 6) is 0.441. The number of carbonyl (C=O) groups excluding carboxylic acids is 1. The van der Waals surface area contributed by atoms with Crippen molar-refractivity contribution in [1.29, 1.82) is 0 Å². The third-order valence-electron chi connectivity index (χ3n) is 3.68. The van der Waals surface area contributed by atoms with E-state index in [1.165, 1.54) is 24.3 Å². The van der Waals surface area contributed by atoms with Crippen LogP contribution in [0, 0.1) is 0 Å². The normalized spacial score (nSPS) is 11.6. The maximum absolute atomic E-state index is 12.4. The van der Waals surface area contributed by atoms with E-state index in [9.17, 15) is 14.7 Å². The van der Waals surface area contributed by atoms with Gasteiger partial charge in [-0.3, -0.25) is 4.79 Å². The third kappa shape index (κ3) is 4.13. The van der Waals surface area contributed by atoms with Crippen LogP contribution in [0.2, 0.25) is 0 Å². The fourth-order valence-electron chi connectivity index (χ4n) is 2.38. The lowest BCUT2D eigenvalue weighted by Crippen LogP contribution is -2.10. The van der Waals surface area contributed by atoms with Gasteiger partial charge in [-0.1, -0.05) is 13.2 Å². The summed E-state index contributed by atoms with van der Waals surface area (Å²) in [5, 5.41) is 9.70. The smallest absolute Gasteiger partial charge is 0.335 e. The Labute approximate surface area is 154 Å². The first-order valence-electron chi connectivity index (χ1n) is 8.00. The summed E-state index contributed by atoms with van der Waals surface area (Å²) >= 11 is 0. The van der Waals surface area contributed by atoms with E-state index in [-0.39, 0.29) is 11.2 Å². The molecule has 6 heteroatoms. The van der Waals surface area contributed by atoms with Crippen molar-refractivity contribution in [2.75, 3.05) is 0 Å². The summed E-state index contributed by atoms with van der Waals surface area (Å²) < 4.78 is 16.0. The van der Waals surface area contributed by atoms with Gasteiger partial charge in [0.25, 0.3) is 0 Å². The van der Waals surface area contributed by atoms with Gasteiger partial charge in [0.2, 0.25) is 6.29 Å². The molecule has 27 heavy (non-hydrogen) atoms. The second-order valence-corrected chi connectivity index (χ2v) is 5.53. The number of fused-ring (bicyclic) bond motifs is 1. The lowest BCUT2D eigenvalue weighted by molar-refractivity contribution is -0.128. The summed E-state index contributed by atoms with van der Waals surface area (Å²) in [5.41, 5.74) is 0.750. The van der Waals surface area contributed by atoms with E-state index in [1.807, 2.05) is 0 Å². The van der Waals surface area contributed by atoms with E-state index in [1.54, 1.807) is 30.3 Å². The van der Waals surface area contributed by atoms with E-state index in [0.717, 1.165) is 6.08 Å². The monoisotopic (exact) mass is 364 g/mol. The average Bonchev–Trinajstić information content (AvgIpc) is 2.68. The summed E-state index contributed by atoms with van der Waals surface area (Å²) in [6.45, 7) is 6.76. The Bertz CT molecular complexity index is 1060.